The lowest BCUT2D eigenvalue weighted by molar-refractivity contribution is -0.109. The van der Waals surface area contributed by atoms with Crippen LogP contribution in [0.3, 0.4) is 0 Å². The van der Waals surface area contributed by atoms with Gasteiger partial charge in [0.05, 0.1) is 0 Å². The average molecular weight is 168 g/mol. The molecule has 0 N–H and O–H groups in total. The predicted molar refractivity (Wildman–Crippen MR) is 51.0 cm³/mol. The molecule has 0 radical (unpaired) electrons. The van der Waals surface area contributed by atoms with E-state index in [4.69, 9.17) is 0 Å². The maximum atomic E-state index is 10.4. The SMILES string of the molecule is CC[C@@H](CC=O)C1CCCCC1. The molecule has 1 nitrogen and oxygen atoms in total. The number of aldehydes is 1. The summed E-state index contributed by atoms with van der Waals surface area (Å²) in [6.45, 7) is 2.21. The van der Waals surface area contributed by atoms with E-state index in [2.05, 4.69) is 6.92 Å². The van der Waals surface area contributed by atoms with Crippen molar-refractivity contribution in [1.29, 1.82) is 0 Å². The Labute approximate surface area is 75.5 Å². The highest BCUT2D eigenvalue weighted by Gasteiger charge is 2.21. The average Bonchev–Trinajstić information content (AvgIpc) is 2.15. The monoisotopic (exact) mass is 168 g/mol. The Morgan fingerprint density at radius 1 is 1.33 bits per heavy atom. The van der Waals surface area contributed by atoms with Gasteiger partial charge in [-0.25, -0.2) is 0 Å². The van der Waals surface area contributed by atoms with E-state index < -0.39 is 0 Å². The molecule has 1 rings (SSSR count). The van der Waals surface area contributed by atoms with Crippen LogP contribution in [0.5, 0.6) is 0 Å². The lowest BCUT2D eigenvalue weighted by Crippen LogP contribution is -2.17. The highest BCUT2D eigenvalue weighted by Crippen LogP contribution is 2.32. The van der Waals surface area contributed by atoms with Crippen molar-refractivity contribution < 1.29 is 4.79 Å². The smallest absolute Gasteiger partial charge is 0.120 e. The Bertz CT molecular complexity index is 125. The van der Waals surface area contributed by atoms with Crippen LogP contribution >= 0.6 is 0 Å². The molecule has 1 aliphatic rings. The molecule has 0 unspecified atom stereocenters. The van der Waals surface area contributed by atoms with E-state index in [0.717, 1.165) is 18.6 Å². The maximum absolute atomic E-state index is 10.4. The highest BCUT2D eigenvalue weighted by atomic mass is 16.1. The Balaban J connectivity index is 2.34. The number of carbonyl (C=O) groups is 1. The van der Waals surface area contributed by atoms with Crippen LogP contribution in [0, 0.1) is 11.8 Å². The number of hydrogen-bond acceptors (Lipinski definition) is 1. The largest absolute Gasteiger partial charge is 0.303 e. The van der Waals surface area contributed by atoms with Crippen LogP contribution in [0.2, 0.25) is 0 Å². The van der Waals surface area contributed by atoms with Crippen molar-refractivity contribution in [3.63, 3.8) is 0 Å². The summed E-state index contributed by atoms with van der Waals surface area (Å²) < 4.78 is 0. The summed E-state index contributed by atoms with van der Waals surface area (Å²) in [7, 11) is 0. The maximum Gasteiger partial charge on any atom is 0.120 e. The molecule has 0 bridgehead atoms. The third-order valence-corrected chi connectivity index (χ3v) is 3.24. The number of carbonyl (C=O) groups excluding carboxylic acids is 1. The van der Waals surface area contributed by atoms with Gasteiger partial charge in [0.1, 0.15) is 6.29 Å². The standard InChI is InChI=1S/C11H20O/c1-2-10(8-9-12)11-6-4-3-5-7-11/h9-11H,2-8H2,1H3/t10-/m0/s1. The first-order valence-corrected chi connectivity index (χ1v) is 5.32. The molecule has 70 valence electrons. The van der Waals surface area contributed by atoms with Crippen molar-refractivity contribution in [3.8, 4) is 0 Å². The van der Waals surface area contributed by atoms with Crippen molar-refractivity contribution in [2.24, 2.45) is 11.8 Å². The predicted octanol–water partition coefficient (Wildman–Crippen LogP) is 3.18. The minimum Gasteiger partial charge on any atom is -0.303 e. The number of rotatable bonds is 4. The second kappa shape index (κ2) is 5.34. The van der Waals surface area contributed by atoms with Crippen LogP contribution in [0.25, 0.3) is 0 Å². The van der Waals surface area contributed by atoms with E-state index in [1.54, 1.807) is 0 Å². The zero-order valence-electron chi connectivity index (χ0n) is 8.09. The summed E-state index contributed by atoms with van der Waals surface area (Å²) in [6.07, 6.45) is 10.0. The molecule has 0 aromatic heterocycles. The fraction of sp³-hybridized carbons (Fsp3) is 0.909. The first-order chi connectivity index (χ1) is 5.88. The van der Waals surface area contributed by atoms with Crippen molar-refractivity contribution in [2.75, 3.05) is 0 Å². The number of hydrogen-bond donors (Lipinski definition) is 0. The highest BCUT2D eigenvalue weighted by molar-refractivity contribution is 5.49. The lowest BCUT2D eigenvalue weighted by Gasteiger charge is -2.28. The van der Waals surface area contributed by atoms with Crippen LogP contribution in [-0.4, -0.2) is 6.29 Å². The topological polar surface area (TPSA) is 17.1 Å². The molecule has 1 aliphatic carbocycles. The first-order valence-electron chi connectivity index (χ1n) is 5.32. The molecule has 1 heteroatoms. The fourth-order valence-electron chi connectivity index (χ4n) is 2.42. The van der Waals surface area contributed by atoms with E-state index >= 15 is 0 Å². The molecule has 0 aliphatic heterocycles. The van der Waals surface area contributed by atoms with Gasteiger partial charge in [-0.3, -0.25) is 0 Å². The van der Waals surface area contributed by atoms with Crippen LogP contribution in [-0.2, 0) is 4.79 Å². The first kappa shape index (κ1) is 9.76. The molecule has 1 atom stereocenters. The second-order valence-electron chi connectivity index (χ2n) is 3.97. The van der Waals surface area contributed by atoms with Gasteiger partial charge in [0.2, 0.25) is 0 Å². The van der Waals surface area contributed by atoms with Crippen LogP contribution < -0.4 is 0 Å². The van der Waals surface area contributed by atoms with E-state index in [1.165, 1.54) is 38.5 Å². The van der Waals surface area contributed by atoms with Crippen molar-refractivity contribution in [1.82, 2.24) is 0 Å². The summed E-state index contributed by atoms with van der Waals surface area (Å²) in [5, 5.41) is 0. The van der Waals surface area contributed by atoms with Crippen LogP contribution in [0.1, 0.15) is 51.9 Å². The van der Waals surface area contributed by atoms with Crippen LogP contribution in [0.4, 0.5) is 0 Å². The summed E-state index contributed by atoms with van der Waals surface area (Å²) in [6, 6.07) is 0. The molecule has 0 saturated heterocycles. The van der Waals surface area contributed by atoms with Gasteiger partial charge >= 0.3 is 0 Å². The Morgan fingerprint density at radius 3 is 2.50 bits per heavy atom. The summed E-state index contributed by atoms with van der Waals surface area (Å²) in [5.74, 6) is 1.54. The van der Waals surface area contributed by atoms with E-state index in [0.29, 0.717) is 5.92 Å². The molecule has 12 heavy (non-hydrogen) atoms. The van der Waals surface area contributed by atoms with E-state index in [-0.39, 0.29) is 0 Å². The van der Waals surface area contributed by atoms with Gasteiger partial charge in [0.15, 0.2) is 0 Å². The quantitative estimate of drug-likeness (QED) is 0.589. The Morgan fingerprint density at radius 2 is 2.00 bits per heavy atom. The molecule has 0 spiro atoms. The van der Waals surface area contributed by atoms with Gasteiger partial charge in [-0.05, 0) is 11.8 Å². The fourth-order valence-corrected chi connectivity index (χ4v) is 2.42. The van der Waals surface area contributed by atoms with Gasteiger partial charge in [0, 0.05) is 6.42 Å². The molecular formula is C11H20O. The van der Waals surface area contributed by atoms with E-state index in [1.807, 2.05) is 0 Å². The normalized spacial score (nSPS) is 22.1. The molecule has 0 aromatic rings. The van der Waals surface area contributed by atoms with Crippen molar-refractivity contribution >= 4 is 6.29 Å². The molecule has 0 amide bonds. The molecule has 0 heterocycles. The van der Waals surface area contributed by atoms with Gasteiger partial charge in [0.25, 0.3) is 0 Å². The Kier molecular flexibility index (Phi) is 4.34. The third-order valence-electron chi connectivity index (χ3n) is 3.24. The summed E-state index contributed by atoms with van der Waals surface area (Å²) >= 11 is 0. The molecule has 1 fully saturated rings. The van der Waals surface area contributed by atoms with Crippen molar-refractivity contribution in [3.05, 3.63) is 0 Å². The molecular weight excluding hydrogens is 148 g/mol. The van der Waals surface area contributed by atoms with Gasteiger partial charge in [-0.2, -0.15) is 0 Å². The summed E-state index contributed by atoms with van der Waals surface area (Å²) in [5.41, 5.74) is 0. The van der Waals surface area contributed by atoms with Crippen LogP contribution in [0.15, 0.2) is 0 Å². The van der Waals surface area contributed by atoms with Crippen molar-refractivity contribution in [2.45, 2.75) is 51.9 Å². The second-order valence-corrected chi connectivity index (χ2v) is 3.97. The third kappa shape index (κ3) is 2.62. The lowest BCUT2D eigenvalue weighted by atomic mass is 9.78. The minimum absolute atomic E-state index is 0.683. The summed E-state index contributed by atoms with van der Waals surface area (Å²) in [4.78, 5) is 10.4. The molecule has 1 saturated carbocycles. The molecule has 0 aromatic carbocycles. The van der Waals surface area contributed by atoms with Gasteiger partial charge in [-0.15, -0.1) is 0 Å². The van der Waals surface area contributed by atoms with Gasteiger partial charge < -0.3 is 4.79 Å². The zero-order valence-corrected chi connectivity index (χ0v) is 8.09. The van der Waals surface area contributed by atoms with Gasteiger partial charge in [-0.1, -0.05) is 45.4 Å². The Hall–Kier alpha value is -0.330. The van der Waals surface area contributed by atoms with E-state index in [9.17, 15) is 4.79 Å². The zero-order chi connectivity index (χ0) is 8.81. The minimum atomic E-state index is 0.683.